The van der Waals surface area contributed by atoms with Crippen LogP contribution in [0.25, 0.3) is 0 Å². The van der Waals surface area contributed by atoms with Crippen LogP contribution in [0.2, 0.25) is 0 Å². The maximum absolute atomic E-state index is 11.7. The molecule has 0 saturated carbocycles. The highest BCUT2D eigenvalue weighted by molar-refractivity contribution is 6.02. The molecule has 2 aromatic rings. The number of nitrogens with one attached hydrogen (secondary N) is 3. The average Bonchev–Trinajstić information content (AvgIpc) is 2.79. The summed E-state index contributed by atoms with van der Waals surface area (Å²) in [6, 6.07) is 9.27. The van der Waals surface area contributed by atoms with Gasteiger partial charge in [-0.15, -0.1) is 0 Å². The van der Waals surface area contributed by atoms with Gasteiger partial charge in [0.1, 0.15) is 5.69 Å². The Bertz CT molecular complexity index is 478. The Labute approximate surface area is 92.9 Å². The van der Waals surface area contributed by atoms with Crippen molar-refractivity contribution in [1.29, 1.82) is 0 Å². The summed E-state index contributed by atoms with van der Waals surface area (Å²) in [5.74, 6) is 0.360. The van der Waals surface area contributed by atoms with Gasteiger partial charge < -0.3 is 15.6 Å². The van der Waals surface area contributed by atoms with Crippen molar-refractivity contribution in [1.82, 2.24) is 9.97 Å². The number of hydrogen-bond acceptors (Lipinski definition) is 3. The molecule has 5 nitrogen and oxygen atoms in total. The van der Waals surface area contributed by atoms with Crippen molar-refractivity contribution in [2.75, 3.05) is 17.7 Å². The van der Waals surface area contributed by atoms with Gasteiger partial charge in [0.05, 0.1) is 6.20 Å². The molecule has 16 heavy (non-hydrogen) atoms. The molecule has 1 heterocycles. The molecule has 3 N–H and O–H groups in total. The van der Waals surface area contributed by atoms with E-state index < -0.39 is 0 Å². The van der Waals surface area contributed by atoms with Crippen LogP contribution >= 0.6 is 0 Å². The van der Waals surface area contributed by atoms with Gasteiger partial charge >= 0.3 is 0 Å². The predicted octanol–water partition coefficient (Wildman–Crippen LogP) is 1.70. The van der Waals surface area contributed by atoms with Crippen LogP contribution in [0.5, 0.6) is 0 Å². The number of nitrogens with zero attached hydrogens (tertiary/aromatic N) is 1. The van der Waals surface area contributed by atoms with Crippen molar-refractivity contribution >= 4 is 17.5 Å². The molecule has 1 aromatic carbocycles. The van der Waals surface area contributed by atoms with E-state index in [9.17, 15) is 4.79 Å². The van der Waals surface area contributed by atoms with Gasteiger partial charge in [0.25, 0.3) is 5.91 Å². The molecule has 0 atom stereocenters. The number of carbonyl (C=O) groups excluding carboxylic acids is 1. The van der Waals surface area contributed by atoms with Gasteiger partial charge in [-0.25, -0.2) is 4.98 Å². The number of carbonyl (C=O) groups is 1. The summed E-state index contributed by atoms with van der Waals surface area (Å²) in [4.78, 5) is 18.6. The number of anilines is 2. The van der Waals surface area contributed by atoms with Crippen molar-refractivity contribution in [3.05, 3.63) is 42.2 Å². The molecule has 0 fully saturated rings. The van der Waals surface area contributed by atoms with E-state index in [2.05, 4.69) is 20.6 Å². The third-order valence-electron chi connectivity index (χ3n) is 2.09. The first-order chi connectivity index (χ1) is 7.79. The normalized spacial score (nSPS) is 9.81. The van der Waals surface area contributed by atoms with E-state index in [0.717, 1.165) is 5.69 Å². The second kappa shape index (κ2) is 4.48. The van der Waals surface area contributed by atoms with Crippen LogP contribution in [0.15, 0.2) is 36.5 Å². The number of para-hydroxylation sites is 1. The predicted molar refractivity (Wildman–Crippen MR) is 62.5 cm³/mol. The number of benzene rings is 1. The SMILES string of the molecule is CNc1ncc(C(=O)Nc2ccccc2)[nH]1. The lowest BCUT2D eigenvalue weighted by atomic mass is 10.3. The quantitative estimate of drug-likeness (QED) is 0.731. The molecule has 0 spiro atoms. The molecule has 0 bridgehead atoms. The van der Waals surface area contributed by atoms with E-state index in [1.54, 1.807) is 7.05 Å². The molecule has 0 saturated heterocycles. The fourth-order valence-corrected chi connectivity index (χ4v) is 1.28. The number of aromatic nitrogens is 2. The van der Waals surface area contributed by atoms with Crippen LogP contribution < -0.4 is 10.6 Å². The second-order valence-corrected chi connectivity index (χ2v) is 3.22. The van der Waals surface area contributed by atoms with E-state index in [1.165, 1.54) is 6.20 Å². The fourth-order valence-electron chi connectivity index (χ4n) is 1.28. The molecule has 0 aliphatic carbocycles. The summed E-state index contributed by atoms with van der Waals surface area (Å²) >= 11 is 0. The second-order valence-electron chi connectivity index (χ2n) is 3.22. The van der Waals surface area contributed by atoms with Gasteiger partial charge in [0, 0.05) is 12.7 Å². The zero-order chi connectivity index (χ0) is 11.4. The highest BCUT2D eigenvalue weighted by Crippen LogP contribution is 2.08. The van der Waals surface area contributed by atoms with E-state index in [0.29, 0.717) is 11.6 Å². The minimum Gasteiger partial charge on any atom is -0.359 e. The van der Waals surface area contributed by atoms with E-state index in [4.69, 9.17) is 0 Å². The molecular weight excluding hydrogens is 204 g/mol. The summed E-state index contributed by atoms with van der Waals surface area (Å²) in [6.45, 7) is 0. The monoisotopic (exact) mass is 216 g/mol. The smallest absolute Gasteiger partial charge is 0.273 e. The molecule has 5 heteroatoms. The summed E-state index contributed by atoms with van der Waals surface area (Å²) in [6.07, 6.45) is 1.49. The molecule has 82 valence electrons. The number of imidazole rings is 1. The zero-order valence-corrected chi connectivity index (χ0v) is 8.82. The summed E-state index contributed by atoms with van der Waals surface area (Å²) < 4.78 is 0. The van der Waals surface area contributed by atoms with Gasteiger partial charge in [-0.1, -0.05) is 18.2 Å². The Morgan fingerprint density at radius 1 is 1.31 bits per heavy atom. The van der Waals surface area contributed by atoms with Crippen molar-refractivity contribution < 1.29 is 4.79 Å². The first-order valence-corrected chi connectivity index (χ1v) is 4.89. The lowest BCUT2D eigenvalue weighted by Crippen LogP contribution is -2.12. The lowest BCUT2D eigenvalue weighted by molar-refractivity contribution is 0.102. The van der Waals surface area contributed by atoms with Crippen LogP contribution in [-0.4, -0.2) is 22.9 Å². The van der Waals surface area contributed by atoms with Crippen LogP contribution in [0.1, 0.15) is 10.5 Å². The first-order valence-electron chi connectivity index (χ1n) is 4.89. The van der Waals surface area contributed by atoms with Gasteiger partial charge in [-0.2, -0.15) is 0 Å². The number of rotatable bonds is 3. The van der Waals surface area contributed by atoms with Crippen molar-refractivity contribution in [3.8, 4) is 0 Å². The van der Waals surface area contributed by atoms with Gasteiger partial charge in [-0.3, -0.25) is 4.79 Å². The number of amides is 1. The minimum absolute atomic E-state index is 0.208. The standard InChI is InChI=1S/C11H12N4O/c1-12-11-13-7-9(15-11)10(16)14-8-5-3-2-4-6-8/h2-7H,1H3,(H,14,16)(H2,12,13,15). The Balaban J connectivity index is 2.09. The molecule has 0 aliphatic rings. The van der Waals surface area contributed by atoms with Gasteiger partial charge in [0.15, 0.2) is 5.95 Å². The number of aromatic amines is 1. The summed E-state index contributed by atoms with van der Waals surface area (Å²) in [5.41, 5.74) is 1.18. The number of H-pyrrole nitrogens is 1. The summed E-state index contributed by atoms with van der Waals surface area (Å²) in [7, 11) is 1.73. The highest BCUT2D eigenvalue weighted by Gasteiger charge is 2.08. The van der Waals surface area contributed by atoms with Crippen molar-refractivity contribution in [2.45, 2.75) is 0 Å². The highest BCUT2D eigenvalue weighted by atomic mass is 16.1. The average molecular weight is 216 g/mol. The Kier molecular flexibility index (Phi) is 2.86. The van der Waals surface area contributed by atoms with Crippen LogP contribution in [-0.2, 0) is 0 Å². The van der Waals surface area contributed by atoms with Crippen LogP contribution in [0.3, 0.4) is 0 Å². The van der Waals surface area contributed by atoms with E-state index in [-0.39, 0.29) is 5.91 Å². The van der Waals surface area contributed by atoms with Crippen molar-refractivity contribution in [3.63, 3.8) is 0 Å². The lowest BCUT2D eigenvalue weighted by Gasteiger charge is -2.02. The third kappa shape index (κ3) is 2.20. The minimum atomic E-state index is -0.208. The van der Waals surface area contributed by atoms with Crippen molar-refractivity contribution in [2.24, 2.45) is 0 Å². The molecular formula is C11H12N4O. The fraction of sp³-hybridized carbons (Fsp3) is 0.0909. The molecule has 0 aliphatic heterocycles. The largest absolute Gasteiger partial charge is 0.359 e. The molecule has 1 amide bonds. The summed E-state index contributed by atoms with van der Waals surface area (Å²) in [5, 5.41) is 5.58. The topological polar surface area (TPSA) is 69.8 Å². The van der Waals surface area contributed by atoms with Crippen LogP contribution in [0, 0.1) is 0 Å². The maximum atomic E-state index is 11.7. The first kappa shape index (κ1) is 10.2. The Morgan fingerprint density at radius 2 is 2.06 bits per heavy atom. The van der Waals surface area contributed by atoms with Gasteiger partial charge in [-0.05, 0) is 12.1 Å². The third-order valence-corrected chi connectivity index (χ3v) is 2.09. The number of hydrogen-bond donors (Lipinski definition) is 3. The van der Waals surface area contributed by atoms with E-state index >= 15 is 0 Å². The Morgan fingerprint density at radius 3 is 2.69 bits per heavy atom. The molecule has 2 rings (SSSR count). The van der Waals surface area contributed by atoms with Gasteiger partial charge in [0.2, 0.25) is 0 Å². The molecule has 0 radical (unpaired) electrons. The van der Waals surface area contributed by atoms with E-state index in [1.807, 2.05) is 30.3 Å². The maximum Gasteiger partial charge on any atom is 0.273 e. The van der Waals surface area contributed by atoms with Crippen LogP contribution in [0.4, 0.5) is 11.6 Å². The molecule has 1 aromatic heterocycles. The Hall–Kier alpha value is -2.30. The zero-order valence-electron chi connectivity index (χ0n) is 8.82. The molecule has 0 unspecified atom stereocenters.